The van der Waals surface area contributed by atoms with Crippen LogP contribution in [0, 0.1) is 6.92 Å². The van der Waals surface area contributed by atoms with E-state index in [-0.39, 0.29) is 11.9 Å². The Labute approximate surface area is 159 Å². The molecule has 27 heavy (non-hydrogen) atoms. The number of nitrogens with two attached hydrogens (primary N) is 1. The first-order valence-corrected chi connectivity index (χ1v) is 9.05. The van der Waals surface area contributed by atoms with E-state index in [1.807, 2.05) is 49.4 Å². The number of aryl methyl sites for hydroxylation is 1. The van der Waals surface area contributed by atoms with Gasteiger partial charge >= 0.3 is 0 Å². The van der Waals surface area contributed by atoms with E-state index < -0.39 is 0 Å². The van der Waals surface area contributed by atoms with Gasteiger partial charge in [0.15, 0.2) is 0 Å². The van der Waals surface area contributed by atoms with Gasteiger partial charge in [0.1, 0.15) is 0 Å². The van der Waals surface area contributed by atoms with Gasteiger partial charge in [-0.15, -0.1) is 5.10 Å². The number of nitrogens with zero attached hydrogens (tertiary/aromatic N) is 4. The van der Waals surface area contributed by atoms with Crippen LogP contribution in [0.5, 0.6) is 0 Å². The molecule has 4 aromatic rings. The molecule has 0 bridgehead atoms. The predicted molar refractivity (Wildman–Crippen MR) is 108 cm³/mol. The number of aromatic nitrogens is 4. The van der Waals surface area contributed by atoms with Gasteiger partial charge < -0.3 is 16.4 Å². The highest BCUT2D eigenvalue weighted by molar-refractivity contribution is 7.20. The predicted octanol–water partition coefficient (Wildman–Crippen LogP) is 3.47. The number of carbonyl (C=O) groups excluding carboxylic acids is 1. The minimum atomic E-state index is -0.108. The molecule has 0 aliphatic heterocycles. The van der Waals surface area contributed by atoms with Gasteiger partial charge in [-0.2, -0.15) is 9.67 Å². The zero-order valence-corrected chi connectivity index (χ0v) is 15.5. The molecule has 1 amide bonds. The average molecular weight is 379 g/mol. The molecular weight excluding hydrogens is 362 g/mol. The van der Waals surface area contributed by atoms with Crippen LogP contribution in [-0.4, -0.2) is 25.7 Å². The molecule has 0 spiro atoms. The molecule has 2 aromatic heterocycles. The molecular formula is C18H17N7OS. The molecule has 0 saturated carbocycles. The van der Waals surface area contributed by atoms with Crippen molar-refractivity contribution >= 4 is 50.7 Å². The summed E-state index contributed by atoms with van der Waals surface area (Å²) in [5, 5.41) is 11.0. The van der Waals surface area contributed by atoms with Crippen LogP contribution in [0.3, 0.4) is 0 Å². The molecule has 4 rings (SSSR count). The van der Waals surface area contributed by atoms with Crippen molar-refractivity contribution in [3.05, 3.63) is 48.0 Å². The second kappa shape index (κ2) is 6.69. The van der Waals surface area contributed by atoms with Crippen molar-refractivity contribution in [1.29, 1.82) is 0 Å². The number of thiazole rings is 1. The molecule has 0 aliphatic carbocycles. The molecule has 4 N–H and O–H groups in total. The molecule has 9 heteroatoms. The molecule has 8 nitrogen and oxygen atoms in total. The Morgan fingerprint density at radius 2 is 2.00 bits per heavy atom. The summed E-state index contributed by atoms with van der Waals surface area (Å²) in [4.78, 5) is 20.0. The summed E-state index contributed by atoms with van der Waals surface area (Å²) in [5.41, 5.74) is 9.40. The summed E-state index contributed by atoms with van der Waals surface area (Å²) in [7, 11) is 0. The van der Waals surface area contributed by atoms with Crippen molar-refractivity contribution < 1.29 is 4.79 Å². The topological polar surface area (TPSA) is 111 Å². The number of amides is 1. The van der Waals surface area contributed by atoms with E-state index in [1.54, 1.807) is 0 Å². The van der Waals surface area contributed by atoms with Gasteiger partial charge in [0, 0.05) is 18.3 Å². The van der Waals surface area contributed by atoms with Gasteiger partial charge in [0.2, 0.25) is 22.9 Å². The van der Waals surface area contributed by atoms with Crippen LogP contribution in [0.15, 0.2) is 42.5 Å². The summed E-state index contributed by atoms with van der Waals surface area (Å²) >= 11 is 1.50. The Bertz CT molecular complexity index is 1110. The van der Waals surface area contributed by atoms with Crippen molar-refractivity contribution in [3.8, 4) is 5.13 Å². The third-order valence-corrected chi connectivity index (χ3v) is 4.90. The zero-order chi connectivity index (χ0) is 19.0. The summed E-state index contributed by atoms with van der Waals surface area (Å²) in [5.74, 6) is 0.518. The molecule has 0 fully saturated rings. The van der Waals surface area contributed by atoms with E-state index in [9.17, 15) is 4.79 Å². The maximum absolute atomic E-state index is 11.2. The number of rotatable bonds is 4. The lowest BCUT2D eigenvalue weighted by molar-refractivity contribution is -0.114. The van der Waals surface area contributed by atoms with Crippen LogP contribution in [0.1, 0.15) is 12.5 Å². The lowest BCUT2D eigenvalue weighted by atomic mass is 10.2. The number of nitrogen functional groups attached to an aromatic ring is 1. The van der Waals surface area contributed by atoms with Gasteiger partial charge in [-0.25, -0.2) is 4.98 Å². The minimum Gasteiger partial charge on any atom is -0.368 e. The van der Waals surface area contributed by atoms with Gasteiger partial charge in [-0.1, -0.05) is 23.5 Å². The van der Waals surface area contributed by atoms with Crippen LogP contribution in [-0.2, 0) is 4.79 Å². The molecule has 0 aliphatic rings. The minimum absolute atomic E-state index is 0.108. The molecule has 0 radical (unpaired) electrons. The van der Waals surface area contributed by atoms with E-state index in [0.29, 0.717) is 11.1 Å². The van der Waals surface area contributed by atoms with E-state index in [1.165, 1.54) is 22.9 Å². The number of hydrogen-bond acceptors (Lipinski definition) is 7. The molecule has 0 atom stereocenters. The molecule has 2 heterocycles. The Hall–Kier alpha value is -3.46. The SMILES string of the molecule is CC(=O)Nc1ccc(Nc2nc(N)n(-c3nc4ccccc4s3)n2)cc1C. The maximum Gasteiger partial charge on any atom is 0.248 e. The number of anilines is 4. The molecule has 2 aromatic carbocycles. The van der Waals surface area contributed by atoms with Crippen LogP contribution >= 0.6 is 11.3 Å². The van der Waals surface area contributed by atoms with E-state index in [4.69, 9.17) is 5.73 Å². The first-order chi connectivity index (χ1) is 13.0. The zero-order valence-electron chi connectivity index (χ0n) is 14.7. The first-order valence-electron chi connectivity index (χ1n) is 8.23. The number of nitrogens with one attached hydrogen (secondary N) is 2. The number of hydrogen-bond donors (Lipinski definition) is 3. The van der Waals surface area contributed by atoms with Gasteiger partial charge in [-0.3, -0.25) is 4.79 Å². The number of fused-ring (bicyclic) bond motifs is 1. The fraction of sp³-hybridized carbons (Fsp3) is 0.111. The maximum atomic E-state index is 11.2. The van der Waals surface area contributed by atoms with Gasteiger partial charge in [-0.05, 0) is 42.8 Å². The molecule has 0 unspecified atom stereocenters. The average Bonchev–Trinajstić information content (AvgIpc) is 3.20. The largest absolute Gasteiger partial charge is 0.368 e. The highest BCUT2D eigenvalue weighted by Crippen LogP contribution is 2.27. The quantitative estimate of drug-likeness (QED) is 0.501. The van der Waals surface area contributed by atoms with E-state index in [2.05, 4.69) is 25.7 Å². The smallest absolute Gasteiger partial charge is 0.248 e. The fourth-order valence-corrected chi connectivity index (χ4v) is 3.60. The van der Waals surface area contributed by atoms with Gasteiger partial charge in [0.25, 0.3) is 0 Å². The van der Waals surface area contributed by atoms with E-state index >= 15 is 0 Å². The highest BCUT2D eigenvalue weighted by Gasteiger charge is 2.13. The summed E-state index contributed by atoms with van der Waals surface area (Å²) < 4.78 is 2.58. The second-order valence-corrected chi connectivity index (χ2v) is 7.01. The van der Waals surface area contributed by atoms with Gasteiger partial charge in [0.05, 0.1) is 10.2 Å². The van der Waals surface area contributed by atoms with Crippen LogP contribution in [0.2, 0.25) is 0 Å². The van der Waals surface area contributed by atoms with Crippen molar-refractivity contribution in [2.24, 2.45) is 0 Å². The van der Waals surface area contributed by atoms with Crippen LogP contribution in [0.4, 0.5) is 23.3 Å². The Morgan fingerprint density at radius 1 is 1.19 bits per heavy atom. The van der Waals surface area contributed by atoms with Crippen molar-refractivity contribution in [1.82, 2.24) is 19.7 Å². The highest BCUT2D eigenvalue weighted by atomic mass is 32.1. The number of carbonyl (C=O) groups is 1. The monoisotopic (exact) mass is 379 g/mol. The lowest BCUT2D eigenvalue weighted by Gasteiger charge is -2.09. The Morgan fingerprint density at radius 3 is 2.74 bits per heavy atom. The molecule has 0 saturated heterocycles. The van der Waals surface area contributed by atoms with Crippen molar-refractivity contribution in [2.45, 2.75) is 13.8 Å². The normalized spacial score (nSPS) is 10.9. The first kappa shape index (κ1) is 17.0. The van der Waals surface area contributed by atoms with Crippen molar-refractivity contribution in [3.63, 3.8) is 0 Å². The second-order valence-electron chi connectivity index (χ2n) is 6.01. The van der Waals surface area contributed by atoms with Crippen LogP contribution < -0.4 is 16.4 Å². The third kappa shape index (κ3) is 3.44. The number of benzene rings is 2. The van der Waals surface area contributed by atoms with Crippen LogP contribution in [0.25, 0.3) is 15.3 Å². The standard InChI is InChI=1S/C18H17N7OS/c1-10-9-12(7-8-13(10)20-11(2)26)21-17-23-16(19)25(24-17)18-22-14-5-3-4-6-15(14)27-18/h3-9H,1-2H3,(H,20,26)(H3,19,21,23,24). The third-order valence-electron chi connectivity index (χ3n) is 3.89. The Kier molecular flexibility index (Phi) is 4.21. The van der Waals surface area contributed by atoms with Crippen molar-refractivity contribution in [2.75, 3.05) is 16.4 Å². The van der Waals surface area contributed by atoms with E-state index in [0.717, 1.165) is 27.2 Å². The number of para-hydroxylation sites is 1. The summed E-state index contributed by atoms with van der Waals surface area (Å²) in [6.07, 6.45) is 0. The Balaban J connectivity index is 1.60. The summed E-state index contributed by atoms with van der Waals surface area (Å²) in [6, 6.07) is 13.4. The fourth-order valence-electron chi connectivity index (χ4n) is 2.67. The lowest BCUT2D eigenvalue weighted by Crippen LogP contribution is -2.07. The molecule has 136 valence electrons. The summed E-state index contributed by atoms with van der Waals surface area (Å²) in [6.45, 7) is 3.39.